The van der Waals surface area contributed by atoms with Crippen LogP contribution in [0.1, 0.15) is 28.8 Å². The summed E-state index contributed by atoms with van der Waals surface area (Å²) in [5.41, 5.74) is 8.21. The first-order valence-corrected chi connectivity index (χ1v) is 8.66. The number of ether oxygens (including phenoxy) is 1. The van der Waals surface area contributed by atoms with Gasteiger partial charge in [0.2, 0.25) is 0 Å². The molecule has 0 unspecified atom stereocenters. The number of methoxy groups -OCH3 is 1. The summed E-state index contributed by atoms with van der Waals surface area (Å²) in [5, 5.41) is 3.11. The molecular weight excluding hydrogens is 314 g/mol. The van der Waals surface area contributed by atoms with E-state index >= 15 is 0 Å². The second kappa shape index (κ2) is 8.03. The zero-order chi connectivity index (χ0) is 17.6. The Kier molecular flexibility index (Phi) is 5.56. The van der Waals surface area contributed by atoms with Gasteiger partial charge in [0.05, 0.1) is 12.7 Å². The van der Waals surface area contributed by atoms with E-state index in [2.05, 4.69) is 34.5 Å². The van der Waals surface area contributed by atoms with E-state index in [-0.39, 0.29) is 11.9 Å². The van der Waals surface area contributed by atoms with Crippen molar-refractivity contribution in [3.63, 3.8) is 0 Å². The summed E-state index contributed by atoms with van der Waals surface area (Å²) in [5.74, 6) is 0.509. The highest BCUT2D eigenvalue weighted by Gasteiger charge is 2.22. The van der Waals surface area contributed by atoms with E-state index in [0.717, 1.165) is 32.5 Å². The lowest BCUT2D eigenvalue weighted by atomic mass is 10.0. The van der Waals surface area contributed by atoms with Gasteiger partial charge in [-0.3, -0.25) is 9.69 Å². The van der Waals surface area contributed by atoms with Crippen LogP contribution in [0.25, 0.3) is 0 Å². The molecule has 1 saturated heterocycles. The standard InChI is InChI=1S/C20H25N3O2/c1-25-17-7-8-19(21)18(13-17)20(24)22-16-9-11-23(12-10-16)14-15-5-3-2-4-6-15/h2-8,13,16H,9-12,14,21H2,1H3,(H,22,24). The Morgan fingerprint density at radius 3 is 2.60 bits per heavy atom. The fourth-order valence-electron chi connectivity index (χ4n) is 3.20. The first kappa shape index (κ1) is 17.3. The van der Waals surface area contributed by atoms with E-state index in [9.17, 15) is 4.79 Å². The van der Waals surface area contributed by atoms with Crippen LogP contribution in [0.2, 0.25) is 0 Å². The zero-order valence-electron chi connectivity index (χ0n) is 14.6. The van der Waals surface area contributed by atoms with Gasteiger partial charge < -0.3 is 15.8 Å². The Labute approximate surface area is 148 Å². The molecule has 25 heavy (non-hydrogen) atoms. The SMILES string of the molecule is COc1ccc(N)c(C(=O)NC2CCN(Cc3ccccc3)CC2)c1. The molecule has 0 aliphatic carbocycles. The van der Waals surface area contributed by atoms with E-state index in [4.69, 9.17) is 10.5 Å². The van der Waals surface area contributed by atoms with Gasteiger partial charge in [-0.25, -0.2) is 0 Å². The van der Waals surface area contributed by atoms with E-state index < -0.39 is 0 Å². The predicted molar refractivity (Wildman–Crippen MR) is 99.6 cm³/mol. The Hall–Kier alpha value is -2.53. The number of carbonyl (C=O) groups is 1. The molecule has 0 radical (unpaired) electrons. The number of nitrogens with zero attached hydrogens (tertiary/aromatic N) is 1. The van der Waals surface area contributed by atoms with Crippen LogP contribution in [-0.4, -0.2) is 37.0 Å². The van der Waals surface area contributed by atoms with Gasteiger partial charge in [0.1, 0.15) is 5.75 Å². The third kappa shape index (κ3) is 4.51. The molecule has 2 aromatic rings. The van der Waals surface area contributed by atoms with Crippen LogP contribution < -0.4 is 15.8 Å². The number of nitrogens with two attached hydrogens (primary N) is 1. The molecule has 0 saturated carbocycles. The maximum Gasteiger partial charge on any atom is 0.253 e. The third-order valence-electron chi connectivity index (χ3n) is 4.68. The van der Waals surface area contributed by atoms with E-state index in [1.165, 1.54) is 5.56 Å². The van der Waals surface area contributed by atoms with Crippen molar-refractivity contribution in [2.45, 2.75) is 25.4 Å². The second-order valence-electron chi connectivity index (χ2n) is 6.46. The summed E-state index contributed by atoms with van der Waals surface area (Å²) < 4.78 is 5.18. The maximum atomic E-state index is 12.5. The smallest absolute Gasteiger partial charge is 0.253 e. The van der Waals surface area contributed by atoms with Gasteiger partial charge >= 0.3 is 0 Å². The minimum Gasteiger partial charge on any atom is -0.497 e. The fourth-order valence-corrected chi connectivity index (χ4v) is 3.20. The lowest BCUT2D eigenvalue weighted by Crippen LogP contribution is -2.44. The number of piperidine rings is 1. The summed E-state index contributed by atoms with van der Waals surface area (Å²) >= 11 is 0. The van der Waals surface area contributed by atoms with Gasteiger partial charge in [-0.2, -0.15) is 0 Å². The predicted octanol–water partition coefficient (Wildman–Crippen LogP) is 2.67. The van der Waals surface area contributed by atoms with Crippen LogP contribution in [0.5, 0.6) is 5.75 Å². The average Bonchev–Trinajstić information content (AvgIpc) is 2.64. The highest BCUT2D eigenvalue weighted by atomic mass is 16.5. The number of carbonyl (C=O) groups excluding carboxylic acids is 1. The summed E-state index contributed by atoms with van der Waals surface area (Å²) in [7, 11) is 1.58. The van der Waals surface area contributed by atoms with Crippen molar-refractivity contribution in [2.24, 2.45) is 0 Å². The van der Waals surface area contributed by atoms with Gasteiger partial charge in [-0.15, -0.1) is 0 Å². The second-order valence-corrected chi connectivity index (χ2v) is 6.46. The number of hydrogen-bond donors (Lipinski definition) is 2. The zero-order valence-corrected chi connectivity index (χ0v) is 14.6. The molecule has 1 amide bonds. The largest absolute Gasteiger partial charge is 0.497 e. The molecule has 0 spiro atoms. The van der Waals surface area contributed by atoms with Crippen molar-refractivity contribution in [2.75, 3.05) is 25.9 Å². The van der Waals surface area contributed by atoms with Gasteiger partial charge in [-0.05, 0) is 36.6 Å². The van der Waals surface area contributed by atoms with E-state index in [0.29, 0.717) is 17.0 Å². The Bertz CT molecular complexity index is 710. The van der Waals surface area contributed by atoms with Gasteiger partial charge in [0.15, 0.2) is 0 Å². The molecule has 2 aromatic carbocycles. The number of hydrogen-bond acceptors (Lipinski definition) is 4. The Morgan fingerprint density at radius 2 is 1.92 bits per heavy atom. The molecule has 5 nitrogen and oxygen atoms in total. The summed E-state index contributed by atoms with van der Waals surface area (Å²) in [6.07, 6.45) is 1.89. The molecule has 3 rings (SSSR count). The molecule has 1 aliphatic heterocycles. The normalized spacial score (nSPS) is 15.7. The summed E-state index contributed by atoms with van der Waals surface area (Å²) in [6, 6.07) is 15.8. The Balaban J connectivity index is 1.53. The molecule has 0 bridgehead atoms. The minimum atomic E-state index is -0.127. The van der Waals surface area contributed by atoms with Gasteiger partial charge in [0, 0.05) is 31.4 Å². The molecule has 1 aliphatic rings. The molecule has 5 heteroatoms. The van der Waals surface area contributed by atoms with Gasteiger partial charge in [0.25, 0.3) is 5.91 Å². The van der Waals surface area contributed by atoms with Crippen LogP contribution in [0, 0.1) is 0 Å². The number of nitrogen functional groups attached to an aromatic ring is 1. The maximum absolute atomic E-state index is 12.5. The number of likely N-dealkylation sites (tertiary alicyclic amines) is 1. The highest BCUT2D eigenvalue weighted by molar-refractivity contribution is 5.99. The monoisotopic (exact) mass is 339 g/mol. The highest BCUT2D eigenvalue weighted by Crippen LogP contribution is 2.20. The Morgan fingerprint density at radius 1 is 1.20 bits per heavy atom. The molecule has 132 valence electrons. The van der Waals surface area contributed by atoms with E-state index in [1.807, 2.05) is 6.07 Å². The summed E-state index contributed by atoms with van der Waals surface area (Å²) in [4.78, 5) is 14.9. The van der Waals surface area contributed by atoms with Gasteiger partial charge in [-0.1, -0.05) is 30.3 Å². The summed E-state index contributed by atoms with van der Waals surface area (Å²) in [6.45, 7) is 2.92. The number of benzene rings is 2. The van der Waals surface area contributed by atoms with Crippen LogP contribution in [0.3, 0.4) is 0 Å². The van der Waals surface area contributed by atoms with Crippen molar-refractivity contribution in [3.8, 4) is 5.75 Å². The fraction of sp³-hybridized carbons (Fsp3) is 0.350. The van der Waals surface area contributed by atoms with Crippen LogP contribution in [-0.2, 0) is 6.54 Å². The molecule has 1 heterocycles. The average molecular weight is 339 g/mol. The first-order chi connectivity index (χ1) is 12.2. The van der Waals surface area contributed by atoms with Crippen molar-refractivity contribution in [1.29, 1.82) is 0 Å². The molecule has 0 atom stereocenters. The van der Waals surface area contributed by atoms with Crippen molar-refractivity contribution in [3.05, 3.63) is 59.7 Å². The number of nitrogens with one attached hydrogen (secondary N) is 1. The lowest BCUT2D eigenvalue weighted by molar-refractivity contribution is 0.0909. The van der Waals surface area contributed by atoms with Crippen molar-refractivity contribution in [1.82, 2.24) is 10.2 Å². The quantitative estimate of drug-likeness (QED) is 0.822. The van der Waals surface area contributed by atoms with Crippen LogP contribution in [0.4, 0.5) is 5.69 Å². The molecule has 0 aromatic heterocycles. The van der Waals surface area contributed by atoms with Crippen molar-refractivity contribution < 1.29 is 9.53 Å². The minimum absolute atomic E-state index is 0.127. The molecular formula is C20H25N3O2. The van der Waals surface area contributed by atoms with Crippen LogP contribution >= 0.6 is 0 Å². The van der Waals surface area contributed by atoms with E-state index in [1.54, 1.807) is 25.3 Å². The number of amides is 1. The number of rotatable bonds is 5. The first-order valence-electron chi connectivity index (χ1n) is 8.66. The van der Waals surface area contributed by atoms with Crippen LogP contribution in [0.15, 0.2) is 48.5 Å². The lowest BCUT2D eigenvalue weighted by Gasteiger charge is -2.32. The number of anilines is 1. The molecule has 3 N–H and O–H groups in total. The third-order valence-corrected chi connectivity index (χ3v) is 4.68. The van der Waals surface area contributed by atoms with Crippen molar-refractivity contribution >= 4 is 11.6 Å². The topological polar surface area (TPSA) is 67.6 Å². The molecule has 1 fully saturated rings.